The number of carbonyl (C=O) groups excluding carboxylic acids is 1. The minimum Gasteiger partial charge on any atom is -0.507 e. The standard InChI is InChI=1S/C18H26O5/c1-11(19)8-9-15-14(4)17(22)12(2)13(3)18(15)23-10-6-5-7-16(20)21/h22H,5-10H2,1-4H3,(H,20,21). The molecule has 0 atom stereocenters. The zero-order valence-corrected chi connectivity index (χ0v) is 14.4. The Balaban J connectivity index is 2.93. The van der Waals surface area contributed by atoms with Crippen LogP contribution in [0.4, 0.5) is 0 Å². The Morgan fingerprint density at radius 2 is 1.65 bits per heavy atom. The predicted molar refractivity (Wildman–Crippen MR) is 88.3 cm³/mol. The van der Waals surface area contributed by atoms with E-state index in [4.69, 9.17) is 9.84 Å². The van der Waals surface area contributed by atoms with Crippen molar-refractivity contribution in [3.05, 3.63) is 22.3 Å². The van der Waals surface area contributed by atoms with E-state index in [0.717, 1.165) is 28.0 Å². The summed E-state index contributed by atoms with van der Waals surface area (Å²) in [5, 5.41) is 18.9. The summed E-state index contributed by atoms with van der Waals surface area (Å²) in [6, 6.07) is 0. The average molecular weight is 322 g/mol. The lowest BCUT2D eigenvalue weighted by Gasteiger charge is -2.20. The Hall–Kier alpha value is -2.04. The van der Waals surface area contributed by atoms with Gasteiger partial charge in [-0.05, 0) is 63.6 Å². The number of carboxylic acids is 1. The fourth-order valence-corrected chi connectivity index (χ4v) is 2.52. The molecule has 0 aliphatic carbocycles. The van der Waals surface area contributed by atoms with Crippen molar-refractivity contribution in [2.45, 2.75) is 59.8 Å². The third-order valence-corrected chi connectivity index (χ3v) is 4.10. The predicted octanol–water partition coefficient (Wildman–Crippen LogP) is 3.47. The summed E-state index contributed by atoms with van der Waals surface area (Å²) >= 11 is 0. The molecule has 0 amide bonds. The molecule has 1 aromatic carbocycles. The van der Waals surface area contributed by atoms with Crippen LogP contribution in [0.2, 0.25) is 0 Å². The fraction of sp³-hybridized carbons (Fsp3) is 0.556. The van der Waals surface area contributed by atoms with E-state index < -0.39 is 5.97 Å². The smallest absolute Gasteiger partial charge is 0.303 e. The quantitative estimate of drug-likeness (QED) is 0.680. The molecule has 0 aromatic heterocycles. The molecule has 0 unspecified atom stereocenters. The van der Waals surface area contributed by atoms with Gasteiger partial charge in [0, 0.05) is 18.4 Å². The van der Waals surface area contributed by atoms with Crippen LogP contribution in [0.5, 0.6) is 11.5 Å². The van der Waals surface area contributed by atoms with Gasteiger partial charge < -0.3 is 19.7 Å². The number of rotatable bonds is 9. The molecule has 0 aliphatic heterocycles. The molecule has 0 saturated heterocycles. The van der Waals surface area contributed by atoms with Gasteiger partial charge in [0.2, 0.25) is 0 Å². The van der Waals surface area contributed by atoms with Crippen LogP contribution in [0, 0.1) is 20.8 Å². The first-order valence-electron chi connectivity index (χ1n) is 7.91. The molecule has 0 fully saturated rings. The number of aliphatic carboxylic acids is 1. The molecule has 0 aliphatic rings. The number of phenolic OH excluding ortho intramolecular Hbond substituents is 1. The zero-order valence-electron chi connectivity index (χ0n) is 14.4. The summed E-state index contributed by atoms with van der Waals surface area (Å²) in [5.41, 5.74) is 3.24. The lowest BCUT2D eigenvalue weighted by molar-refractivity contribution is -0.137. The molecule has 1 rings (SSSR count). The van der Waals surface area contributed by atoms with E-state index in [1.54, 1.807) is 6.92 Å². The topological polar surface area (TPSA) is 83.8 Å². The maximum atomic E-state index is 11.3. The lowest BCUT2D eigenvalue weighted by Crippen LogP contribution is -2.07. The summed E-state index contributed by atoms with van der Waals surface area (Å²) in [4.78, 5) is 21.8. The zero-order chi connectivity index (χ0) is 17.6. The molecule has 0 spiro atoms. The third-order valence-electron chi connectivity index (χ3n) is 4.10. The minimum atomic E-state index is -0.806. The van der Waals surface area contributed by atoms with Crippen molar-refractivity contribution in [3.63, 3.8) is 0 Å². The first kappa shape index (κ1) is 19.0. The molecular weight excluding hydrogens is 296 g/mol. The summed E-state index contributed by atoms with van der Waals surface area (Å²) in [6.45, 7) is 7.52. The van der Waals surface area contributed by atoms with E-state index in [1.807, 2.05) is 20.8 Å². The van der Waals surface area contributed by atoms with Gasteiger partial charge >= 0.3 is 5.97 Å². The summed E-state index contributed by atoms with van der Waals surface area (Å²) in [6.07, 6.45) is 2.27. The highest BCUT2D eigenvalue weighted by molar-refractivity contribution is 5.76. The summed E-state index contributed by atoms with van der Waals surface area (Å²) < 4.78 is 5.88. The van der Waals surface area contributed by atoms with E-state index in [-0.39, 0.29) is 18.0 Å². The van der Waals surface area contributed by atoms with E-state index >= 15 is 0 Å². The number of carboxylic acid groups (broad SMARTS) is 1. The second-order valence-electron chi connectivity index (χ2n) is 5.93. The van der Waals surface area contributed by atoms with Crippen molar-refractivity contribution in [2.75, 3.05) is 6.61 Å². The first-order valence-corrected chi connectivity index (χ1v) is 7.91. The largest absolute Gasteiger partial charge is 0.507 e. The van der Waals surface area contributed by atoms with E-state index in [1.165, 1.54) is 0 Å². The highest BCUT2D eigenvalue weighted by atomic mass is 16.5. The maximum Gasteiger partial charge on any atom is 0.303 e. The van der Waals surface area contributed by atoms with Gasteiger partial charge in [-0.2, -0.15) is 0 Å². The van der Waals surface area contributed by atoms with Crippen LogP contribution in [0.25, 0.3) is 0 Å². The first-order chi connectivity index (χ1) is 10.8. The molecule has 0 bridgehead atoms. The van der Waals surface area contributed by atoms with Crippen LogP contribution in [0.1, 0.15) is 54.9 Å². The normalized spacial score (nSPS) is 10.6. The van der Waals surface area contributed by atoms with Crippen LogP contribution in [0.3, 0.4) is 0 Å². The van der Waals surface area contributed by atoms with Gasteiger partial charge in [0.15, 0.2) is 0 Å². The minimum absolute atomic E-state index is 0.0922. The molecule has 23 heavy (non-hydrogen) atoms. The molecule has 2 N–H and O–H groups in total. The number of unbranched alkanes of at least 4 members (excludes halogenated alkanes) is 1. The Bertz CT molecular complexity index is 590. The van der Waals surface area contributed by atoms with Crippen LogP contribution >= 0.6 is 0 Å². The van der Waals surface area contributed by atoms with Gasteiger partial charge in [-0.25, -0.2) is 0 Å². The lowest BCUT2D eigenvalue weighted by atomic mass is 9.94. The van der Waals surface area contributed by atoms with Crippen molar-refractivity contribution in [1.29, 1.82) is 0 Å². The van der Waals surface area contributed by atoms with Crippen molar-refractivity contribution in [1.82, 2.24) is 0 Å². The Kier molecular flexibility index (Phi) is 7.07. The number of benzene rings is 1. The molecule has 128 valence electrons. The summed E-state index contributed by atoms with van der Waals surface area (Å²) in [5.74, 6) is 0.253. The molecular formula is C18H26O5. The average Bonchev–Trinajstić information content (AvgIpc) is 2.48. The Labute approximate surface area is 137 Å². The van der Waals surface area contributed by atoms with Gasteiger partial charge in [0.05, 0.1) is 6.61 Å². The fourth-order valence-electron chi connectivity index (χ4n) is 2.52. The number of Topliss-reactive ketones (excluding diaryl/α,β-unsaturated/α-hetero) is 1. The van der Waals surface area contributed by atoms with Crippen LogP contribution in [0.15, 0.2) is 0 Å². The highest BCUT2D eigenvalue weighted by Crippen LogP contribution is 2.37. The molecule has 0 saturated carbocycles. The SMILES string of the molecule is CC(=O)CCc1c(C)c(O)c(C)c(C)c1OCCCCC(=O)O. The Morgan fingerprint density at radius 1 is 1.00 bits per heavy atom. The Morgan fingerprint density at radius 3 is 2.22 bits per heavy atom. The molecule has 1 aromatic rings. The number of ether oxygens (including phenoxy) is 1. The van der Waals surface area contributed by atoms with Crippen LogP contribution < -0.4 is 4.74 Å². The van der Waals surface area contributed by atoms with E-state index in [0.29, 0.717) is 32.3 Å². The van der Waals surface area contributed by atoms with Crippen LogP contribution in [-0.4, -0.2) is 28.6 Å². The van der Waals surface area contributed by atoms with Crippen molar-refractivity contribution >= 4 is 11.8 Å². The van der Waals surface area contributed by atoms with E-state index in [9.17, 15) is 14.7 Å². The van der Waals surface area contributed by atoms with Gasteiger partial charge in [-0.3, -0.25) is 4.79 Å². The molecule has 0 heterocycles. The van der Waals surface area contributed by atoms with Crippen molar-refractivity contribution in [3.8, 4) is 11.5 Å². The van der Waals surface area contributed by atoms with Gasteiger partial charge in [-0.1, -0.05) is 0 Å². The number of ketones is 1. The van der Waals surface area contributed by atoms with Gasteiger partial charge in [0.25, 0.3) is 0 Å². The number of hydrogen-bond donors (Lipinski definition) is 2. The monoisotopic (exact) mass is 322 g/mol. The number of hydrogen-bond acceptors (Lipinski definition) is 4. The number of aromatic hydroxyl groups is 1. The molecule has 5 nitrogen and oxygen atoms in total. The van der Waals surface area contributed by atoms with E-state index in [2.05, 4.69) is 0 Å². The highest BCUT2D eigenvalue weighted by Gasteiger charge is 2.18. The summed E-state index contributed by atoms with van der Waals surface area (Å²) in [7, 11) is 0. The molecule has 0 radical (unpaired) electrons. The number of phenols is 1. The second-order valence-corrected chi connectivity index (χ2v) is 5.93. The second kappa shape index (κ2) is 8.56. The van der Waals surface area contributed by atoms with Crippen molar-refractivity contribution in [2.24, 2.45) is 0 Å². The third kappa shape index (κ3) is 5.27. The maximum absolute atomic E-state index is 11.3. The van der Waals surface area contributed by atoms with Crippen LogP contribution in [-0.2, 0) is 16.0 Å². The molecule has 5 heteroatoms. The number of carbonyl (C=O) groups is 2. The van der Waals surface area contributed by atoms with Gasteiger partial charge in [0.1, 0.15) is 17.3 Å². The van der Waals surface area contributed by atoms with Crippen molar-refractivity contribution < 1.29 is 24.5 Å². The van der Waals surface area contributed by atoms with Gasteiger partial charge in [-0.15, -0.1) is 0 Å².